The predicted octanol–water partition coefficient (Wildman–Crippen LogP) is 2.37. The van der Waals surface area contributed by atoms with Crippen LogP contribution in [0.5, 0.6) is 0 Å². The van der Waals surface area contributed by atoms with Gasteiger partial charge in [-0.3, -0.25) is 14.4 Å². The lowest BCUT2D eigenvalue weighted by molar-refractivity contribution is -0.154. The van der Waals surface area contributed by atoms with Gasteiger partial charge in [0.1, 0.15) is 11.6 Å². The summed E-state index contributed by atoms with van der Waals surface area (Å²) in [7, 11) is 0. The normalized spacial score (nSPS) is 31.9. The number of aliphatic hydroxyl groups excluding tert-OH is 1. The molecule has 3 rings (SSSR count). The second kappa shape index (κ2) is 10.8. The monoisotopic (exact) mass is 489 g/mol. The topological polar surface area (TPSA) is 90.4 Å². The molecule has 3 aliphatic rings. The number of β-amino-alcohol motifs (C(OH)–C–C–N with tert-alkyl or cyclic N) is 1. The standard InChI is InChI=1S/C27H43N3O5/c1-7-11-19(5)29(16-10-4)25(34)22-27-13-12-26(6,35-27)20(21(27)24(33)30(22)17-18-31)23(32)28(14-8-2)15-9-3/h8,10,19-22,31H,2,4,7,9,11-18H2,1,3,5-6H3/t19?,20-,21-,22?,26+,27?/m0/s1. The zero-order valence-corrected chi connectivity index (χ0v) is 21.9. The van der Waals surface area contributed by atoms with E-state index in [2.05, 4.69) is 20.1 Å². The number of carbonyl (C=O) groups is 3. The third-order valence-corrected chi connectivity index (χ3v) is 8.12. The van der Waals surface area contributed by atoms with Gasteiger partial charge in [-0.1, -0.05) is 32.4 Å². The minimum atomic E-state index is -1.07. The molecule has 0 aromatic rings. The Morgan fingerprint density at radius 2 is 1.89 bits per heavy atom. The fourth-order valence-corrected chi connectivity index (χ4v) is 6.70. The van der Waals surface area contributed by atoms with Crippen LogP contribution < -0.4 is 0 Å². The van der Waals surface area contributed by atoms with Gasteiger partial charge in [0.2, 0.25) is 17.7 Å². The van der Waals surface area contributed by atoms with Crippen LogP contribution in [0.1, 0.15) is 59.8 Å². The number of amides is 3. The van der Waals surface area contributed by atoms with Gasteiger partial charge in [-0.2, -0.15) is 0 Å². The van der Waals surface area contributed by atoms with Crippen LogP contribution in [0.2, 0.25) is 0 Å². The summed E-state index contributed by atoms with van der Waals surface area (Å²) in [5.74, 6) is -1.99. The molecule has 8 heteroatoms. The molecule has 196 valence electrons. The predicted molar refractivity (Wildman–Crippen MR) is 134 cm³/mol. The number of nitrogens with zero attached hydrogens (tertiary/aromatic N) is 3. The first-order valence-corrected chi connectivity index (χ1v) is 13.1. The van der Waals surface area contributed by atoms with E-state index in [1.165, 1.54) is 4.90 Å². The Bertz CT molecular complexity index is 847. The summed E-state index contributed by atoms with van der Waals surface area (Å²) in [4.78, 5) is 46.9. The van der Waals surface area contributed by atoms with Crippen molar-refractivity contribution in [1.82, 2.24) is 14.7 Å². The molecule has 0 aromatic carbocycles. The first kappa shape index (κ1) is 27.4. The molecule has 3 amide bonds. The molecule has 3 saturated heterocycles. The van der Waals surface area contributed by atoms with Gasteiger partial charge in [0.05, 0.1) is 24.0 Å². The van der Waals surface area contributed by atoms with Crippen molar-refractivity contribution in [2.45, 2.75) is 83.1 Å². The zero-order chi connectivity index (χ0) is 26.0. The number of likely N-dealkylation sites (tertiary alicyclic amines) is 1. The molecule has 3 aliphatic heterocycles. The lowest BCUT2D eigenvalue weighted by Crippen LogP contribution is -2.58. The SMILES string of the molecule is C=CCN(CCC)C(=O)[C@@H]1[C@H]2C(=O)N(CCO)C(C(=O)N(CC=C)C(C)CCC)C23CC[C@@]1(C)O3. The molecule has 2 bridgehead atoms. The first-order valence-electron chi connectivity index (χ1n) is 13.1. The summed E-state index contributed by atoms with van der Waals surface area (Å²) in [6.45, 7) is 16.7. The highest BCUT2D eigenvalue weighted by atomic mass is 16.5. The maximum absolute atomic E-state index is 14.1. The first-order chi connectivity index (χ1) is 16.7. The van der Waals surface area contributed by atoms with Crippen molar-refractivity contribution in [1.29, 1.82) is 0 Å². The molecule has 3 heterocycles. The minimum Gasteiger partial charge on any atom is -0.395 e. The Kier molecular flexibility index (Phi) is 8.48. The van der Waals surface area contributed by atoms with Crippen molar-refractivity contribution >= 4 is 17.7 Å². The second-order valence-electron chi connectivity index (χ2n) is 10.5. The molecule has 8 nitrogen and oxygen atoms in total. The Balaban J connectivity index is 2.06. The molecular formula is C27H43N3O5. The van der Waals surface area contributed by atoms with Crippen LogP contribution in [0, 0.1) is 11.8 Å². The molecule has 6 atom stereocenters. The van der Waals surface area contributed by atoms with Gasteiger partial charge in [0.25, 0.3) is 0 Å². The number of fused-ring (bicyclic) bond motifs is 1. The highest BCUT2D eigenvalue weighted by Gasteiger charge is 2.78. The zero-order valence-electron chi connectivity index (χ0n) is 21.9. The van der Waals surface area contributed by atoms with Crippen LogP contribution in [0.4, 0.5) is 0 Å². The molecule has 0 aromatic heterocycles. The summed E-state index contributed by atoms with van der Waals surface area (Å²) < 4.78 is 6.67. The average Bonchev–Trinajstić information content (AvgIpc) is 3.38. The van der Waals surface area contributed by atoms with Crippen molar-refractivity contribution in [3.8, 4) is 0 Å². The molecule has 1 spiro atoms. The Morgan fingerprint density at radius 3 is 2.46 bits per heavy atom. The average molecular weight is 490 g/mol. The van der Waals surface area contributed by atoms with Crippen molar-refractivity contribution in [2.24, 2.45) is 11.8 Å². The largest absolute Gasteiger partial charge is 0.395 e. The lowest BCUT2D eigenvalue weighted by Gasteiger charge is -2.38. The van der Waals surface area contributed by atoms with E-state index in [0.717, 1.165) is 19.3 Å². The third-order valence-electron chi connectivity index (χ3n) is 8.12. The summed E-state index contributed by atoms with van der Waals surface area (Å²) >= 11 is 0. The quantitative estimate of drug-likeness (QED) is 0.401. The summed E-state index contributed by atoms with van der Waals surface area (Å²) in [5.41, 5.74) is -1.89. The number of aliphatic hydroxyl groups is 1. The Morgan fingerprint density at radius 1 is 1.20 bits per heavy atom. The fourth-order valence-electron chi connectivity index (χ4n) is 6.70. The van der Waals surface area contributed by atoms with Gasteiger partial charge in [-0.15, -0.1) is 13.2 Å². The van der Waals surface area contributed by atoms with Crippen molar-refractivity contribution < 1.29 is 24.2 Å². The van der Waals surface area contributed by atoms with E-state index < -0.39 is 29.1 Å². The van der Waals surface area contributed by atoms with E-state index in [1.807, 2.05) is 20.8 Å². The molecule has 1 N–H and O–H groups in total. The maximum atomic E-state index is 14.1. The fraction of sp³-hybridized carbons (Fsp3) is 0.741. The molecule has 3 fully saturated rings. The van der Waals surface area contributed by atoms with Crippen LogP contribution in [-0.2, 0) is 19.1 Å². The minimum absolute atomic E-state index is 0.0316. The van der Waals surface area contributed by atoms with E-state index in [9.17, 15) is 19.5 Å². The van der Waals surface area contributed by atoms with Crippen molar-refractivity contribution in [3.63, 3.8) is 0 Å². The summed E-state index contributed by atoms with van der Waals surface area (Å²) in [6, 6.07) is -0.906. The van der Waals surface area contributed by atoms with E-state index in [0.29, 0.717) is 32.5 Å². The van der Waals surface area contributed by atoms with E-state index >= 15 is 0 Å². The highest BCUT2D eigenvalue weighted by Crippen LogP contribution is 2.63. The Hall–Kier alpha value is -2.19. The number of hydrogen-bond acceptors (Lipinski definition) is 5. The van der Waals surface area contributed by atoms with E-state index in [-0.39, 0.29) is 36.9 Å². The highest BCUT2D eigenvalue weighted by molar-refractivity contribution is 5.99. The van der Waals surface area contributed by atoms with Crippen LogP contribution >= 0.6 is 0 Å². The number of rotatable bonds is 13. The van der Waals surface area contributed by atoms with Crippen molar-refractivity contribution in [3.05, 3.63) is 25.3 Å². The molecule has 0 saturated carbocycles. The second-order valence-corrected chi connectivity index (χ2v) is 10.5. The van der Waals surface area contributed by atoms with Crippen LogP contribution in [0.15, 0.2) is 25.3 Å². The van der Waals surface area contributed by atoms with Crippen LogP contribution in [0.3, 0.4) is 0 Å². The van der Waals surface area contributed by atoms with E-state index in [4.69, 9.17) is 4.74 Å². The molecular weight excluding hydrogens is 446 g/mol. The Labute approximate surface area is 210 Å². The number of carbonyl (C=O) groups excluding carboxylic acids is 3. The summed E-state index contributed by atoms with van der Waals surface area (Å²) in [6.07, 6.45) is 7.06. The van der Waals surface area contributed by atoms with Gasteiger partial charge < -0.3 is 24.5 Å². The number of ether oxygens (including phenoxy) is 1. The third kappa shape index (κ3) is 4.44. The molecule has 0 aliphatic carbocycles. The van der Waals surface area contributed by atoms with Gasteiger partial charge in [-0.25, -0.2) is 0 Å². The smallest absolute Gasteiger partial charge is 0.248 e. The number of hydrogen-bond donors (Lipinski definition) is 1. The van der Waals surface area contributed by atoms with Gasteiger partial charge in [0, 0.05) is 32.2 Å². The van der Waals surface area contributed by atoms with E-state index in [1.54, 1.807) is 22.0 Å². The molecule has 3 unspecified atom stereocenters. The summed E-state index contributed by atoms with van der Waals surface area (Å²) in [5, 5.41) is 9.80. The maximum Gasteiger partial charge on any atom is 0.248 e. The van der Waals surface area contributed by atoms with Gasteiger partial charge in [-0.05, 0) is 39.5 Å². The van der Waals surface area contributed by atoms with Crippen LogP contribution in [0.25, 0.3) is 0 Å². The molecule has 35 heavy (non-hydrogen) atoms. The van der Waals surface area contributed by atoms with Gasteiger partial charge >= 0.3 is 0 Å². The lowest BCUT2D eigenvalue weighted by atomic mass is 9.66. The van der Waals surface area contributed by atoms with Gasteiger partial charge in [0.15, 0.2) is 0 Å². The van der Waals surface area contributed by atoms with Crippen LogP contribution in [-0.4, -0.2) is 93.6 Å². The molecule has 0 radical (unpaired) electrons. The van der Waals surface area contributed by atoms with Crippen molar-refractivity contribution in [2.75, 3.05) is 32.8 Å².